The van der Waals surface area contributed by atoms with Gasteiger partial charge in [0.25, 0.3) is 0 Å². The Morgan fingerprint density at radius 3 is 2.50 bits per heavy atom. The van der Waals surface area contributed by atoms with Crippen LogP contribution in [0, 0.1) is 46.3 Å². The van der Waals surface area contributed by atoms with Crippen molar-refractivity contribution in [1.82, 2.24) is 5.32 Å². The number of fused-ring (bicyclic) bond motifs is 5. The fourth-order valence-corrected chi connectivity index (χ4v) is 9.55. The molecule has 6 nitrogen and oxygen atoms in total. The Labute approximate surface area is 228 Å². The molecule has 0 radical (unpaired) electrons. The number of carbonyl (C=O) groups excluding carboxylic acids is 1. The van der Waals surface area contributed by atoms with Crippen molar-refractivity contribution in [1.29, 1.82) is 0 Å². The van der Waals surface area contributed by atoms with Gasteiger partial charge in [0, 0.05) is 13.0 Å². The first-order valence-corrected chi connectivity index (χ1v) is 14.9. The molecule has 0 aromatic heterocycles. The van der Waals surface area contributed by atoms with E-state index in [1.807, 2.05) is 0 Å². The van der Waals surface area contributed by atoms with E-state index in [2.05, 4.69) is 26.1 Å². The normalized spacial score (nSPS) is 42.5. The zero-order valence-electron chi connectivity index (χ0n) is 21.7. The van der Waals surface area contributed by atoms with Gasteiger partial charge in [0.15, 0.2) is 0 Å². The van der Waals surface area contributed by atoms with Gasteiger partial charge in [-0.3, -0.25) is 4.79 Å². The first kappa shape index (κ1) is 28.9. The van der Waals surface area contributed by atoms with Crippen LogP contribution in [0.3, 0.4) is 0 Å². The van der Waals surface area contributed by atoms with Gasteiger partial charge in [0.05, 0.1) is 22.0 Å². The van der Waals surface area contributed by atoms with Crippen LogP contribution in [0.15, 0.2) is 0 Å². The molecule has 0 unspecified atom stereocenters. The van der Waals surface area contributed by atoms with Crippen LogP contribution in [0.4, 0.5) is 0 Å². The van der Waals surface area contributed by atoms with Gasteiger partial charge in [-0.2, -0.15) is 0 Å². The van der Waals surface area contributed by atoms with Crippen LogP contribution < -0.4 is 34.9 Å². The van der Waals surface area contributed by atoms with E-state index in [0.717, 1.165) is 12.8 Å². The Balaban J connectivity index is 0.00000324. The third-order valence-corrected chi connectivity index (χ3v) is 11.6. The minimum atomic E-state index is -4.30. The van der Waals surface area contributed by atoms with E-state index >= 15 is 0 Å². The van der Waals surface area contributed by atoms with Crippen molar-refractivity contribution in [3.8, 4) is 0 Å². The van der Waals surface area contributed by atoms with Gasteiger partial charge >= 0.3 is 29.6 Å². The molecular formula is C26H44NNaO5S. The maximum Gasteiger partial charge on any atom is 1.00 e. The summed E-state index contributed by atoms with van der Waals surface area (Å²) in [6, 6.07) is 0. The number of aliphatic hydroxyl groups is 1. The minimum Gasteiger partial charge on any atom is -0.748 e. The van der Waals surface area contributed by atoms with Crippen molar-refractivity contribution in [3.63, 3.8) is 0 Å². The average Bonchev–Trinajstić information content (AvgIpc) is 3.08. The fraction of sp³-hybridized carbons (Fsp3) is 0.962. The standard InChI is InChI=1S/C26H45NO5S.Na/c1-17(7-10-23(29)27-14-15-33(30,31)32)19-8-9-20-24-21(11-13-26(19,20)3)25(2)12-5-4-6-18(25)16-22(24)28;/h17-22,24,28H,4-16H2,1-3H3,(H,27,29)(H,30,31,32);/q;+1/p-1/t17-,18+,19-,20+,21+,22+,24+,25+,26-;/m1./s1. The molecule has 0 aliphatic heterocycles. The Kier molecular flexibility index (Phi) is 9.34. The van der Waals surface area contributed by atoms with E-state index in [1.54, 1.807) is 0 Å². The minimum absolute atomic E-state index is 0. The molecule has 4 saturated carbocycles. The van der Waals surface area contributed by atoms with Gasteiger partial charge in [0.1, 0.15) is 0 Å². The van der Waals surface area contributed by atoms with Crippen LogP contribution in [0.5, 0.6) is 0 Å². The first-order valence-electron chi connectivity index (χ1n) is 13.3. The summed E-state index contributed by atoms with van der Waals surface area (Å²) in [6.07, 6.45) is 12.1. The summed E-state index contributed by atoms with van der Waals surface area (Å²) in [6.45, 7) is 7.15. The molecule has 0 heterocycles. The predicted molar refractivity (Wildman–Crippen MR) is 127 cm³/mol. The van der Waals surface area contributed by atoms with Crippen LogP contribution in [0.1, 0.15) is 91.4 Å². The third kappa shape index (κ3) is 5.60. The molecule has 4 aliphatic carbocycles. The second-order valence-electron chi connectivity index (χ2n) is 12.4. The van der Waals surface area contributed by atoms with Gasteiger partial charge in [0.2, 0.25) is 5.91 Å². The molecule has 1 amide bonds. The van der Waals surface area contributed by atoms with Crippen LogP contribution in [0.2, 0.25) is 0 Å². The monoisotopic (exact) mass is 505 g/mol. The number of hydrogen-bond donors (Lipinski definition) is 2. The molecular weight excluding hydrogens is 461 g/mol. The summed E-state index contributed by atoms with van der Waals surface area (Å²) in [5, 5.41) is 13.9. The van der Waals surface area contributed by atoms with Crippen molar-refractivity contribution < 1.29 is 52.4 Å². The molecule has 190 valence electrons. The van der Waals surface area contributed by atoms with Crippen LogP contribution in [0.25, 0.3) is 0 Å². The molecule has 0 aromatic carbocycles. The molecule has 4 aliphatic rings. The van der Waals surface area contributed by atoms with Gasteiger partial charge in [-0.1, -0.05) is 33.6 Å². The van der Waals surface area contributed by atoms with E-state index < -0.39 is 15.9 Å². The molecule has 0 aromatic rings. The number of hydrogen-bond acceptors (Lipinski definition) is 5. The number of carbonyl (C=O) groups is 1. The molecule has 4 rings (SSSR count). The molecule has 34 heavy (non-hydrogen) atoms. The summed E-state index contributed by atoms with van der Waals surface area (Å²) in [4.78, 5) is 12.2. The molecule has 8 heteroatoms. The van der Waals surface area contributed by atoms with Crippen molar-refractivity contribution >= 4 is 16.0 Å². The summed E-state index contributed by atoms with van der Waals surface area (Å²) in [5.41, 5.74) is 0.634. The smallest absolute Gasteiger partial charge is 0.748 e. The Morgan fingerprint density at radius 2 is 1.79 bits per heavy atom. The molecule has 2 N–H and O–H groups in total. The predicted octanol–water partition coefficient (Wildman–Crippen LogP) is 1.09. The molecule has 0 bridgehead atoms. The quantitative estimate of drug-likeness (QED) is 0.398. The van der Waals surface area contributed by atoms with Crippen molar-refractivity contribution in [2.45, 2.75) is 97.5 Å². The number of nitrogens with one attached hydrogen (secondary N) is 1. The second-order valence-corrected chi connectivity index (χ2v) is 13.9. The Hall–Kier alpha value is 0.340. The fourth-order valence-electron chi connectivity index (χ4n) is 9.19. The Bertz CT molecular complexity index is 837. The van der Waals surface area contributed by atoms with E-state index in [-0.39, 0.29) is 53.5 Å². The maximum atomic E-state index is 12.2. The molecule has 4 fully saturated rings. The van der Waals surface area contributed by atoms with E-state index in [1.165, 1.54) is 51.4 Å². The topological polar surface area (TPSA) is 107 Å². The zero-order valence-corrected chi connectivity index (χ0v) is 24.5. The van der Waals surface area contributed by atoms with E-state index in [9.17, 15) is 22.9 Å². The van der Waals surface area contributed by atoms with Crippen LogP contribution in [-0.2, 0) is 14.9 Å². The van der Waals surface area contributed by atoms with Gasteiger partial charge in [-0.15, -0.1) is 0 Å². The summed E-state index contributed by atoms with van der Waals surface area (Å²) < 4.78 is 32.2. The maximum absolute atomic E-state index is 12.2. The van der Waals surface area contributed by atoms with Gasteiger partial charge < -0.3 is 15.0 Å². The SMILES string of the molecule is C[C@H](CCC(=O)NCCS(=O)(=O)[O-])[C@H]1CC[C@H]2[C@@H]3[C@@H](O)C[C@@H]4CCCC[C@]4(C)[C@H]3CC[C@]12C.[Na+]. The molecule has 9 atom stereocenters. The molecule has 0 spiro atoms. The number of rotatable bonds is 7. The van der Waals surface area contributed by atoms with Crippen molar-refractivity contribution in [2.24, 2.45) is 46.3 Å². The zero-order chi connectivity index (χ0) is 24.0. The summed E-state index contributed by atoms with van der Waals surface area (Å²) in [7, 11) is -4.30. The summed E-state index contributed by atoms with van der Waals surface area (Å²) in [5.74, 6) is 2.59. The van der Waals surface area contributed by atoms with Crippen LogP contribution >= 0.6 is 0 Å². The first-order chi connectivity index (χ1) is 15.5. The van der Waals surface area contributed by atoms with E-state index in [0.29, 0.717) is 47.3 Å². The van der Waals surface area contributed by atoms with Gasteiger partial charge in [-0.05, 0) is 97.7 Å². The van der Waals surface area contributed by atoms with Gasteiger partial charge in [-0.25, -0.2) is 8.42 Å². The third-order valence-electron chi connectivity index (χ3n) is 10.9. The second kappa shape index (κ2) is 11.0. The Morgan fingerprint density at radius 1 is 1.09 bits per heavy atom. The van der Waals surface area contributed by atoms with E-state index in [4.69, 9.17) is 0 Å². The molecule has 0 saturated heterocycles. The largest absolute Gasteiger partial charge is 1.00 e. The van der Waals surface area contributed by atoms with Crippen molar-refractivity contribution in [3.05, 3.63) is 0 Å². The number of aliphatic hydroxyl groups excluding tert-OH is 1. The van der Waals surface area contributed by atoms with Crippen molar-refractivity contribution in [2.75, 3.05) is 12.3 Å². The number of amides is 1. The average molecular weight is 506 g/mol. The summed E-state index contributed by atoms with van der Waals surface area (Å²) >= 11 is 0. The van der Waals surface area contributed by atoms with Crippen LogP contribution in [-0.4, -0.2) is 42.4 Å².